The van der Waals surface area contributed by atoms with Crippen LogP contribution in [0.3, 0.4) is 0 Å². The number of aliphatic imine (C=N–C) groups is 1. The summed E-state index contributed by atoms with van der Waals surface area (Å²) >= 11 is 0. The fourth-order valence-electron chi connectivity index (χ4n) is 1.92. The van der Waals surface area contributed by atoms with E-state index in [9.17, 15) is 21.6 Å². The minimum absolute atomic E-state index is 0.188. The monoisotopic (exact) mass is 296 g/mol. The summed E-state index contributed by atoms with van der Waals surface area (Å²) in [6.07, 6.45) is 4.02. The topological polar surface area (TPSA) is 101 Å². The molecule has 1 aliphatic rings. The highest BCUT2D eigenvalue weighted by Crippen LogP contribution is 2.21. The van der Waals surface area contributed by atoms with Gasteiger partial charge in [-0.1, -0.05) is 6.42 Å². The van der Waals surface area contributed by atoms with E-state index in [1.54, 1.807) is 0 Å². The van der Waals surface area contributed by atoms with E-state index in [1.807, 2.05) is 0 Å². The second-order valence-electron chi connectivity index (χ2n) is 4.32. The largest absolute Gasteiger partial charge is 0.236 e. The molecule has 1 aliphatic heterocycles. The summed E-state index contributed by atoms with van der Waals surface area (Å²) < 4.78 is 47.3. The number of sulfone groups is 1. The molecule has 0 aliphatic carbocycles. The summed E-state index contributed by atoms with van der Waals surface area (Å²) in [7, 11) is -7.61. The molecule has 0 N–H and O–H groups in total. The van der Waals surface area contributed by atoms with Crippen LogP contribution in [0.5, 0.6) is 0 Å². The summed E-state index contributed by atoms with van der Waals surface area (Å²) in [5, 5.41) is -0.953. The Bertz CT molecular complexity index is 533. The van der Waals surface area contributed by atoms with E-state index < -0.39 is 31.1 Å². The summed E-state index contributed by atoms with van der Waals surface area (Å²) in [6, 6.07) is 0. The fraction of sp³-hybridized carbons (Fsp3) is 0.889. The lowest BCUT2D eigenvalue weighted by molar-refractivity contribution is 0.332. The third-order valence-corrected chi connectivity index (χ3v) is 6.64. The molecule has 0 aromatic rings. The number of nitrogens with zero attached hydrogens (tertiary/aromatic N) is 2. The van der Waals surface area contributed by atoms with Gasteiger partial charge in [0.25, 0.3) is 0 Å². The first-order valence-corrected chi connectivity index (χ1v) is 9.17. The summed E-state index contributed by atoms with van der Waals surface area (Å²) in [5.74, 6) is 0. The third kappa shape index (κ3) is 4.49. The van der Waals surface area contributed by atoms with Crippen molar-refractivity contribution < 1.29 is 21.6 Å². The minimum atomic E-state index is -3.96. The molecule has 1 atom stereocenters. The van der Waals surface area contributed by atoms with Gasteiger partial charge in [-0.3, -0.25) is 0 Å². The van der Waals surface area contributed by atoms with Gasteiger partial charge in [-0.2, -0.15) is 9.30 Å². The lowest BCUT2D eigenvalue weighted by atomic mass is 10.2. The van der Waals surface area contributed by atoms with Crippen LogP contribution >= 0.6 is 0 Å². The predicted octanol–water partition coefficient (Wildman–Crippen LogP) is -0.144. The Morgan fingerprint density at radius 1 is 1.22 bits per heavy atom. The van der Waals surface area contributed by atoms with Gasteiger partial charge in [0.2, 0.25) is 16.1 Å². The van der Waals surface area contributed by atoms with E-state index >= 15 is 0 Å². The molecule has 0 aromatic carbocycles. The molecule has 0 radical (unpaired) electrons. The SMILES string of the molecule is CS(=O)(=O)CS(=O)(=O)N1CCCCCC1N=C=O. The van der Waals surface area contributed by atoms with Crippen LogP contribution in [0.15, 0.2) is 4.99 Å². The van der Waals surface area contributed by atoms with E-state index in [1.165, 1.54) is 6.08 Å². The summed E-state index contributed by atoms with van der Waals surface area (Å²) in [5.41, 5.74) is 0. The molecular formula is C9H16N2O5S2. The first kappa shape index (κ1) is 15.3. The quantitative estimate of drug-likeness (QED) is 0.530. The van der Waals surface area contributed by atoms with Crippen LogP contribution in [0.25, 0.3) is 0 Å². The van der Waals surface area contributed by atoms with Crippen LogP contribution in [-0.4, -0.2) is 51.3 Å². The Balaban J connectivity index is 3.04. The zero-order valence-corrected chi connectivity index (χ0v) is 11.7. The number of isocyanates is 1. The van der Waals surface area contributed by atoms with Crippen molar-refractivity contribution in [3.63, 3.8) is 0 Å². The second-order valence-corrected chi connectivity index (χ2v) is 8.74. The highest BCUT2D eigenvalue weighted by molar-refractivity contribution is 8.06. The molecule has 1 saturated heterocycles. The van der Waals surface area contributed by atoms with Crippen LogP contribution < -0.4 is 0 Å². The highest BCUT2D eigenvalue weighted by Gasteiger charge is 2.33. The Hall–Kier alpha value is -0.760. The number of carbonyl (C=O) groups excluding carboxylic acids is 1. The fourth-order valence-corrected chi connectivity index (χ4v) is 5.55. The first-order chi connectivity index (χ1) is 8.26. The minimum Gasteiger partial charge on any atom is -0.228 e. The van der Waals surface area contributed by atoms with Crippen LogP contribution in [0.2, 0.25) is 0 Å². The van der Waals surface area contributed by atoms with Gasteiger partial charge in [0.1, 0.15) is 6.17 Å². The van der Waals surface area contributed by atoms with Crippen molar-refractivity contribution in [3.05, 3.63) is 0 Å². The van der Waals surface area contributed by atoms with E-state index in [4.69, 9.17) is 0 Å². The second kappa shape index (κ2) is 5.92. The van der Waals surface area contributed by atoms with E-state index in [0.29, 0.717) is 12.8 Å². The average molecular weight is 296 g/mol. The van der Waals surface area contributed by atoms with Crippen molar-refractivity contribution in [2.24, 2.45) is 4.99 Å². The van der Waals surface area contributed by atoms with Gasteiger partial charge in [0.15, 0.2) is 14.9 Å². The van der Waals surface area contributed by atoms with Gasteiger partial charge in [-0.05, 0) is 19.3 Å². The van der Waals surface area contributed by atoms with Gasteiger partial charge < -0.3 is 0 Å². The maximum Gasteiger partial charge on any atom is 0.236 e. The van der Waals surface area contributed by atoms with E-state index in [2.05, 4.69) is 4.99 Å². The van der Waals surface area contributed by atoms with Gasteiger partial charge in [0.05, 0.1) is 0 Å². The Morgan fingerprint density at radius 2 is 1.89 bits per heavy atom. The molecular weight excluding hydrogens is 280 g/mol. The van der Waals surface area contributed by atoms with Crippen molar-refractivity contribution in [1.82, 2.24) is 4.31 Å². The molecule has 1 unspecified atom stereocenters. The van der Waals surface area contributed by atoms with Crippen LogP contribution in [0, 0.1) is 0 Å². The normalized spacial score (nSPS) is 23.1. The zero-order chi connectivity index (χ0) is 13.8. The predicted molar refractivity (Wildman–Crippen MR) is 65.7 cm³/mol. The van der Waals surface area contributed by atoms with Crippen LogP contribution in [0.4, 0.5) is 0 Å². The number of sulfonamides is 1. The van der Waals surface area contributed by atoms with Crippen molar-refractivity contribution in [3.8, 4) is 0 Å². The number of rotatable bonds is 4. The standard InChI is InChI=1S/C9H16N2O5S2/c1-17(13,14)8-18(15,16)11-6-4-2-3-5-9(11)10-7-12/h9H,2-6,8H2,1H3. The molecule has 1 heterocycles. The molecule has 0 amide bonds. The van der Waals surface area contributed by atoms with Crippen LogP contribution in [0.1, 0.15) is 25.7 Å². The molecule has 9 heteroatoms. The molecule has 1 rings (SSSR count). The number of hydrogen-bond acceptors (Lipinski definition) is 6. The van der Waals surface area contributed by atoms with Crippen molar-refractivity contribution >= 4 is 25.9 Å². The van der Waals surface area contributed by atoms with E-state index in [-0.39, 0.29) is 6.54 Å². The summed E-state index contributed by atoms with van der Waals surface area (Å²) in [4.78, 5) is 13.8. The molecule has 18 heavy (non-hydrogen) atoms. The molecule has 0 bridgehead atoms. The first-order valence-electron chi connectivity index (χ1n) is 5.50. The van der Waals surface area contributed by atoms with Crippen molar-refractivity contribution in [2.75, 3.05) is 17.9 Å². The van der Waals surface area contributed by atoms with Gasteiger partial charge in [0, 0.05) is 12.8 Å². The van der Waals surface area contributed by atoms with Crippen LogP contribution in [-0.2, 0) is 24.7 Å². The Labute approximate surface area is 107 Å². The lowest BCUT2D eigenvalue weighted by Gasteiger charge is -2.24. The van der Waals surface area contributed by atoms with Gasteiger partial charge in [-0.15, -0.1) is 0 Å². The third-order valence-electron chi connectivity index (χ3n) is 2.60. The molecule has 7 nitrogen and oxygen atoms in total. The Kier molecular flexibility index (Phi) is 5.03. The highest BCUT2D eigenvalue weighted by atomic mass is 32.3. The maximum atomic E-state index is 12.0. The zero-order valence-electron chi connectivity index (χ0n) is 10.1. The van der Waals surface area contributed by atoms with Crippen molar-refractivity contribution in [2.45, 2.75) is 31.8 Å². The molecule has 0 saturated carbocycles. The molecule has 0 aromatic heterocycles. The number of hydrogen-bond donors (Lipinski definition) is 0. The van der Waals surface area contributed by atoms with Gasteiger partial charge >= 0.3 is 0 Å². The lowest BCUT2D eigenvalue weighted by Crippen LogP contribution is -2.41. The maximum absolute atomic E-state index is 12.0. The molecule has 0 spiro atoms. The Morgan fingerprint density at radius 3 is 2.44 bits per heavy atom. The molecule has 104 valence electrons. The van der Waals surface area contributed by atoms with Crippen molar-refractivity contribution in [1.29, 1.82) is 0 Å². The smallest absolute Gasteiger partial charge is 0.228 e. The summed E-state index contributed by atoms with van der Waals surface area (Å²) in [6.45, 7) is 0.188. The molecule has 1 fully saturated rings. The average Bonchev–Trinajstić information content (AvgIpc) is 2.40. The van der Waals surface area contributed by atoms with Gasteiger partial charge in [-0.25, -0.2) is 21.6 Å². The van der Waals surface area contributed by atoms with E-state index in [0.717, 1.165) is 23.4 Å².